The molecule has 11 heteroatoms. The molecule has 21 heavy (non-hydrogen) atoms. The van der Waals surface area contributed by atoms with Crippen LogP contribution in [-0.4, -0.2) is 46.5 Å². The fourth-order valence-electron chi connectivity index (χ4n) is 1.40. The van der Waals surface area contributed by atoms with Gasteiger partial charge in [0.15, 0.2) is 0 Å². The van der Waals surface area contributed by atoms with E-state index in [0.29, 0.717) is 0 Å². The van der Waals surface area contributed by atoms with E-state index in [0.717, 1.165) is 0 Å². The fraction of sp³-hybridized carbons (Fsp3) is 0.600. The van der Waals surface area contributed by atoms with E-state index in [-0.39, 0.29) is 22.9 Å². The van der Waals surface area contributed by atoms with E-state index in [1.165, 1.54) is 0 Å². The Morgan fingerprint density at radius 3 is 2.05 bits per heavy atom. The van der Waals surface area contributed by atoms with Crippen molar-refractivity contribution >= 4 is 16.0 Å². The van der Waals surface area contributed by atoms with Gasteiger partial charge in [-0.1, -0.05) is 0 Å². The molecule has 0 aliphatic carbocycles. The zero-order valence-corrected chi connectivity index (χ0v) is 13.0. The van der Waals surface area contributed by atoms with Gasteiger partial charge in [-0.15, -0.1) is 0 Å². The van der Waals surface area contributed by atoms with E-state index >= 15 is 0 Å². The highest BCUT2D eigenvalue weighted by Crippen LogP contribution is 2.16. The van der Waals surface area contributed by atoms with E-state index < -0.39 is 32.4 Å². The Morgan fingerprint density at radius 1 is 1.14 bits per heavy atom. The van der Waals surface area contributed by atoms with Gasteiger partial charge in [-0.3, -0.25) is 9.78 Å². The monoisotopic (exact) mass is 326 g/mol. The number of sulfonamides is 1. The summed E-state index contributed by atoms with van der Waals surface area (Å²) in [5.74, 6) is -0.818. The summed E-state index contributed by atoms with van der Waals surface area (Å²) in [6.07, 6.45) is 0. The minimum absolute atomic E-state index is 0. The number of aromatic hydroxyl groups is 1. The zero-order chi connectivity index (χ0) is 14.8. The fourth-order valence-corrected chi connectivity index (χ4v) is 2.72. The third-order valence-corrected chi connectivity index (χ3v) is 3.63. The first-order valence-electron chi connectivity index (χ1n) is 5.75. The lowest BCUT2D eigenvalue weighted by Crippen LogP contribution is -2.34. The number of rotatable bonds is 5. The predicted molar refractivity (Wildman–Crippen MR) is 78.0 cm³/mol. The molecule has 0 saturated heterocycles. The lowest BCUT2D eigenvalue weighted by molar-refractivity contribution is 0.432. The molecule has 124 valence electrons. The molecule has 0 unspecified atom stereocenters. The van der Waals surface area contributed by atoms with Gasteiger partial charge in [0.2, 0.25) is 16.7 Å². The molecule has 0 amide bonds. The third kappa shape index (κ3) is 5.67. The second kappa shape index (κ2) is 7.93. The van der Waals surface area contributed by atoms with Gasteiger partial charge in [0.05, 0.1) is 0 Å². The molecule has 1 rings (SSSR count). The summed E-state index contributed by atoms with van der Waals surface area (Å²) in [6.45, 7) is 6.82. The molecule has 0 bridgehead atoms. The summed E-state index contributed by atoms with van der Waals surface area (Å²) in [7, 11) is -4.10. The van der Waals surface area contributed by atoms with Crippen molar-refractivity contribution in [1.82, 2.24) is 14.7 Å². The van der Waals surface area contributed by atoms with Crippen molar-refractivity contribution in [3.63, 3.8) is 0 Å². The molecule has 1 aromatic rings. The first-order chi connectivity index (χ1) is 8.63. The van der Waals surface area contributed by atoms with E-state index in [2.05, 4.69) is 20.0 Å². The highest BCUT2D eigenvalue weighted by atomic mass is 32.2. The smallest absolute Gasteiger partial charge is 0.276 e. The number of anilines is 1. The number of hydrogen-bond acceptors (Lipinski definition) is 6. The van der Waals surface area contributed by atoms with Crippen LogP contribution in [0.5, 0.6) is 5.88 Å². The van der Waals surface area contributed by atoms with Crippen LogP contribution < -0.4 is 15.6 Å². The Labute approximate surface area is 122 Å². The molecule has 1 aromatic heterocycles. The van der Waals surface area contributed by atoms with Crippen LogP contribution >= 0.6 is 0 Å². The molecule has 0 atom stereocenters. The molecule has 0 aliphatic heterocycles. The molecule has 0 aromatic carbocycles. The Kier molecular flexibility index (Phi) is 8.15. The van der Waals surface area contributed by atoms with E-state index in [9.17, 15) is 18.3 Å². The molecule has 1 heterocycles. The number of nitrogens with one attached hydrogen (secondary N) is 3. The summed E-state index contributed by atoms with van der Waals surface area (Å²) in [5.41, 5.74) is -0.927. The summed E-state index contributed by atoms with van der Waals surface area (Å²) < 4.78 is 25.9. The maximum Gasteiger partial charge on any atom is 0.276 e. The van der Waals surface area contributed by atoms with Crippen LogP contribution in [0.1, 0.15) is 27.7 Å². The normalized spacial score (nSPS) is 11.0. The Bertz CT molecular complexity index is 610. The van der Waals surface area contributed by atoms with E-state index in [1.54, 1.807) is 13.8 Å². The Hall–Kier alpha value is -1.69. The minimum Gasteiger partial charge on any atom is -0.492 e. The topological polar surface area (TPSA) is 187 Å². The van der Waals surface area contributed by atoms with Gasteiger partial charge in [0.25, 0.3) is 15.6 Å². The SMILES string of the molecule is CC(C)Nc1nc(O)c(S(=O)(=O)NC(C)C)c(=O)[nH]1.O.O. The van der Waals surface area contributed by atoms with E-state index in [1.807, 2.05) is 13.8 Å². The largest absolute Gasteiger partial charge is 0.492 e. The summed E-state index contributed by atoms with van der Waals surface area (Å²) in [4.78, 5) is 16.9. The van der Waals surface area contributed by atoms with Crippen LogP contribution in [0.3, 0.4) is 0 Å². The maximum atomic E-state index is 11.9. The van der Waals surface area contributed by atoms with Gasteiger partial charge in [-0.2, -0.15) is 4.98 Å². The van der Waals surface area contributed by atoms with Crippen molar-refractivity contribution < 1.29 is 24.5 Å². The average Bonchev–Trinajstić information content (AvgIpc) is 2.10. The van der Waals surface area contributed by atoms with Crippen LogP contribution in [0.25, 0.3) is 0 Å². The van der Waals surface area contributed by atoms with Crippen LogP contribution in [-0.2, 0) is 10.0 Å². The average molecular weight is 326 g/mol. The van der Waals surface area contributed by atoms with Crippen LogP contribution in [0, 0.1) is 0 Å². The van der Waals surface area contributed by atoms with Gasteiger partial charge in [0, 0.05) is 12.1 Å². The van der Waals surface area contributed by atoms with Crippen LogP contribution in [0.2, 0.25) is 0 Å². The second-order valence-electron chi connectivity index (χ2n) is 4.64. The molecule has 0 aliphatic rings. The molecule has 0 radical (unpaired) electrons. The van der Waals surface area contributed by atoms with Gasteiger partial charge in [-0.25, -0.2) is 13.1 Å². The van der Waals surface area contributed by atoms with Crippen molar-refractivity contribution in [3.8, 4) is 5.88 Å². The lowest BCUT2D eigenvalue weighted by atomic mass is 10.4. The molecule has 0 saturated carbocycles. The number of hydrogen-bond donors (Lipinski definition) is 4. The van der Waals surface area contributed by atoms with E-state index in [4.69, 9.17) is 0 Å². The standard InChI is InChI=1S/C10H18N4O4S.2H2O/c1-5(2)11-10-12-8(15)7(9(16)13-10)19(17,18)14-6(3)4;;/h5-6,14H,1-4H3,(H3,11,12,13,15,16);2*1H2. The molecular weight excluding hydrogens is 304 g/mol. The van der Waals surface area contributed by atoms with Gasteiger partial charge >= 0.3 is 0 Å². The Balaban J connectivity index is 0. The molecule has 10 nitrogen and oxygen atoms in total. The molecule has 8 N–H and O–H groups in total. The number of aromatic amines is 1. The van der Waals surface area contributed by atoms with Crippen LogP contribution in [0.15, 0.2) is 9.69 Å². The number of H-pyrrole nitrogens is 1. The summed E-state index contributed by atoms with van der Waals surface area (Å²) >= 11 is 0. The molecular formula is C10H22N4O6S. The van der Waals surface area contributed by atoms with Gasteiger partial charge in [-0.05, 0) is 27.7 Å². The quantitative estimate of drug-likeness (QED) is 0.500. The third-order valence-electron chi connectivity index (χ3n) is 1.94. The summed E-state index contributed by atoms with van der Waals surface area (Å²) in [6, 6.07) is -0.434. The van der Waals surface area contributed by atoms with Crippen molar-refractivity contribution in [2.45, 2.75) is 44.7 Å². The van der Waals surface area contributed by atoms with Gasteiger partial charge < -0.3 is 21.4 Å². The minimum atomic E-state index is -4.10. The Morgan fingerprint density at radius 2 is 1.67 bits per heavy atom. The summed E-state index contributed by atoms with van der Waals surface area (Å²) in [5, 5.41) is 12.4. The maximum absolute atomic E-state index is 11.9. The predicted octanol–water partition coefficient (Wildman–Crippen LogP) is -1.67. The van der Waals surface area contributed by atoms with Crippen molar-refractivity contribution in [2.75, 3.05) is 5.32 Å². The lowest BCUT2D eigenvalue weighted by Gasteiger charge is -2.12. The number of aromatic nitrogens is 2. The van der Waals surface area contributed by atoms with Crippen molar-refractivity contribution in [2.24, 2.45) is 0 Å². The second-order valence-corrected chi connectivity index (χ2v) is 6.29. The zero-order valence-electron chi connectivity index (χ0n) is 12.2. The highest BCUT2D eigenvalue weighted by Gasteiger charge is 2.25. The number of nitrogens with zero attached hydrogens (tertiary/aromatic N) is 1. The molecule has 0 spiro atoms. The first kappa shape index (κ1) is 21.6. The van der Waals surface area contributed by atoms with Crippen molar-refractivity contribution in [1.29, 1.82) is 0 Å². The van der Waals surface area contributed by atoms with Gasteiger partial charge in [0.1, 0.15) is 0 Å². The van der Waals surface area contributed by atoms with Crippen molar-refractivity contribution in [3.05, 3.63) is 10.4 Å². The molecule has 0 fully saturated rings. The van der Waals surface area contributed by atoms with Crippen LogP contribution in [0.4, 0.5) is 5.95 Å². The first-order valence-corrected chi connectivity index (χ1v) is 7.24. The highest BCUT2D eigenvalue weighted by molar-refractivity contribution is 7.89.